The molecule has 0 saturated carbocycles. The van der Waals surface area contributed by atoms with Crippen LogP contribution in [-0.4, -0.2) is 66.0 Å². The van der Waals surface area contributed by atoms with Gasteiger partial charge in [-0.3, -0.25) is 4.57 Å². The summed E-state index contributed by atoms with van der Waals surface area (Å²) in [5.41, 5.74) is 12.2. The molecule has 0 spiro atoms. The summed E-state index contributed by atoms with van der Waals surface area (Å²) in [6.45, 7) is 0.286. The molecule has 0 aliphatic carbocycles. The van der Waals surface area contributed by atoms with Crippen LogP contribution in [0.3, 0.4) is 0 Å². The Morgan fingerprint density at radius 3 is 2.25 bits per heavy atom. The van der Waals surface area contributed by atoms with Gasteiger partial charge in [0.2, 0.25) is 5.95 Å². The molecule has 1 aliphatic heterocycles. The maximum Gasteiger partial charge on any atom is 0.247 e. The van der Waals surface area contributed by atoms with Gasteiger partial charge in [0, 0.05) is 0 Å². The van der Waals surface area contributed by atoms with Crippen LogP contribution in [0.2, 0.25) is 0 Å². The summed E-state index contributed by atoms with van der Waals surface area (Å²) in [6.07, 6.45) is -1.63. The fraction of sp³-hybridized carbons (Fsp3) is 0.226. The molecule has 2 aromatic heterocycles. The number of aromatic nitrogens is 4. The number of nitrogens with two attached hydrogens (primary N) is 1. The number of aliphatic hydroxyl groups excluding tert-OH is 3. The molecule has 13 heteroatoms. The van der Waals surface area contributed by atoms with E-state index in [0.717, 1.165) is 16.7 Å². The maximum absolute atomic E-state index is 10.5. The van der Waals surface area contributed by atoms with Crippen LogP contribution in [0, 0.1) is 0 Å². The Morgan fingerprint density at radius 2 is 1.59 bits per heavy atom. The second kappa shape index (κ2) is 13.1. The van der Waals surface area contributed by atoms with Crippen molar-refractivity contribution in [3.63, 3.8) is 0 Å². The van der Waals surface area contributed by atoms with Crippen LogP contribution in [0.4, 0.5) is 11.8 Å². The number of aliphatic hydroxyl groups is 3. The van der Waals surface area contributed by atoms with Gasteiger partial charge in [0.1, 0.15) is 37.0 Å². The lowest BCUT2D eigenvalue weighted by Crippen LogP contribution is -2.33. The van der Waals surface area contributed by atoms with E-state index in [1.165, 1.54) is 10.9 Å². The van der Waals surface area contributed by atoms with Gasteiger partial charge in [0.15, 0.2) is 29.2 Å². The van der Waals surface area contributed by atoms with Crippen molar-refractivity contribution in [2.24, 2.45) is 5.10 Å². The first-order valence-corrected chi connectivity index (χ1v) is 13.9. The van der Waals surface area contributed by atoms with Gasteiger partial charge >= 0.3 is 0 Å². The third-order valence-electron chi connectivity index (χ3n) is 7.06. The number of benzene rings is 3. The molecule has 1 fully saturated rings. The van der Waals surface area contributed by atoms with Gasteiger partial charge < -0.3 is 35.3 Å². The first kappa shape index (κ1) is 29.0. The zero-order valence-corrected chi connectivity index (χ0v) is 23.5. The van der Waals surface area contributed by atoms with E-state index >= 15 is 0 Å². The van der Waals surface area contributed by atoms with Crippen LogP contribution < -0.4 is 20.6 Å². The number of ether oxygens (including phenoxy) is 3. The minimum atomic E-state index is -1.31. The average molecular weight is 598 g/mol. The van der Waals surface area contributed by atoms with Crippen LogP contribution >= 0.6 is 0 Å². The second-order valence-electron chi connectivity index (χ2n) is 10.1. The van der Waals surface area contributed by atoms with E-state index in [2.05, 4.69) is 25.5 Å². The highest BCUT2D eigenvalue weighted by Crippen LogP contribution is 2.33. The fourth-order valence-electron chi connectivity index (χ4n) is 4.76. The van der Waals surface area contributed by atoms with Gasteiger partial charge in [0.05, 0.1) is 19.1 Å². The number of hydrogen-bond acceptors (Lipinski definition) is 12. The van der Waals surface area contributed by atoms with Crippen molar-refractivity contribution in [3.8, 4) is 11.5 Å². The normalized spacial score (nSPS) is 19.9. The van der Waals surface area contributed by atoms with Crippen molar-refractivity contribution < 1.29 is 29.5 Å². The zero-order valence-electron chi connectivity index (χ0n) is 23.5. The average Bonchev–Trinajstić information content (AvgIpc) is 3.60. The minimum absolute atomic E-state index is 0.0723. The van der Waals surface area contributed by atoms with Crippen LogP contribution in [-0.2, 0) is 18.0 Å². The molecule has 1 aliphatic rings. The lowest BCUT2D eigenvalue weighted by molar-refractivity contribution is -0.0511. The predicted octanol–water partition coefficient (Wildman–Crippen LogP) is 2.62. The van der Waals surface area contributed by atoms with Crippen LogP contribution in [0.1, 0.15) is 22.9 Å². The standard InChI is InChI=1S/C31H31N7O6/c32-28-25-29(38(18-33-25)30-27(41)26(40)24(15-39)44-30)36-31(35-28)37-34-14-21-11-12-22(42-16-19-7-3-1-4-8-19)23(13-21)43-17-20-9-5-2-6-10-20/h1-14,18,24,26-27,30,39-41H,15-17H2,(H3,32,35,36,37)/b34-14+/t24-,26-,27-,30-/m1/s1. The van der Waals surface area contributed by atoms with E-state index in [1.807, 2.05) is 78.9 Å². The number of hydrogen-bond donors (Lipinski definition) is 5. The van der Waals surface area contributed by atoms with Gasteiger partial charge in [-0.1, -0.05) is 60.7 Å². The van der Waals surface area contributed by atoms with Gasteiger partial charge in [0.25, 0.3) is 0 Å². The molecular weight excluding hydrogens is 566 g/mol. The molecule has 13 nitrogen and oxygen atoms in total. The molecule has 44 heavy (non-hydrogen) atoms. The molecule has 6 N–H and O–H groups in total. The van der Waals surface area contributed by atoms with Crippen molar-refractivity contribution in [3.05, 3.63) is 102 Å². The number of imidazole rings is 1. The van der Waals surface area contributed by atoms with E-state index in [4.69, 9.17) is 19.9 Å². The first-order chi connectivity index (χ1) is 21.5. The number of anilines is 2. The van der Waals surface area contributed by atoms with E-state index in [-0.39, 0.29) is 22.9 Å². The summed E-state index contributed by atoms with van der Waals surface area (Å²) >= 11 is 0. The van der Waals surface area contributed by atoms with Gasteiger partial charge in [-0.25, -0.2) is 10.4 Å². The molecular formula is C31H31N7O6. The largest absolute Gasteiger partial charge is 0.485 e. The van der Waals surface area contributed by atoms with E-state index in [1.54, 1.807) is 6.21 Å². The number of fused-ring (bicyclic) bond motifs is 1. The molecule has 0 radical (unpaired) electrons. The molecule has 0 amide bonds. The van der Waals surface area contributed by atoms with Crippen LogP contribution in [0.5, 0.6) is 11.5 Å². The number of nitrogens with zero attached hydrogens (tertiary/aromatic N) is 5. The molecule has 0 bridgehead atoms. The molecule has 1 saturated heterocycles. The molecule has 226 valence electrons. The Balaban J connectivity index is 1.20. The van der Waals surface area contributed by atoms with E-state index < -0.39 is 31.1 Å². The predicted molar refractivity (Wildman–Crippen MR) is 162 cm³/mol. The molecule has 5 aromatic rings. The van der Waals surface area contributed by atoms with Crippen LogP contribution in [0.15, 0.2) is 90.3 Å². The Kier molecular flexibility index (Phi) is 8.61. The summed E-state index contributed by atoms with van der Waals surface area (Å²) in [4.78, 5) is 12.9. The second-order valence-corrected chi connectivity index (χ2v) is 10.1. The van der Waals surface area contributed by atoms with Gasteiger partial charge in [-0.05, 0) is 34.9 Å². The minimum Gasteiger partial charge on any atom is -0.485 e. The summed E-state index contributed by atoms with van der Waals surface area (Å²) in [7, 11) is 0. The number of nitrogen functional groups attached to an aromatic ring is 1. The van der Waals surface area contributed by atoms with Crippen LogP contribution in [0.25, 0.3) is 11.2 Å². The SMILES string of the molecule is Nc1nc(N/N=C/c2ccc(OCc3ccccc3)c(OCc3ccccc3)c2)nc2c1ncn2[C@@H]1O[C@H](CO)[C@@H](O)[C@H]1O. The van der Waals surface area contributed by atoms with Gasteiger partial charge in [-0.2, -0.15) is 15.1 Å². The number of nitrogens with one attached hydrogen (secondary N) is 1. The Bertz CT molecular complexity index is 1730. The molecule has 4 atom stereocenters. The topological polar surface area (TPSA) is 182 Å². The Hall–Kier alpha value is -5.08. The summed E-state index contributed by atoms with van der Waals surface area (Å²) < 4.78 is 19.3. The third kappa shape index (κ3) is 6.31. The Morgan fingerprint density at radius 1 is 0.909 bits per heavy atom. The van der Waals surface area contributed by atoms with Crippen molar-refractivity contribution in [2.75, 3.05) is 17.8 Å². The molecule has 0 unspecified atom stereocenters. The molecule has 6 rings (SSSR count). The lowest BCUT2D eigenvalue weighted by atomic mass is 10.1. The molecule has 3 aromatic carbocycles. The van der Waals surface area contributed by atoms with E-state index in [0.29, 0.717) is 24.7 Å². The number of hydrazone groups is 1. The molecule has 3 heterocycles. The lowest BCUT2D eigenvalue weighted by Gasteiger charge is -2.16. The highest BCUT2D eigenvalue weighted by molar-refractivity contribution is 5.84. The van der Waals surface area contributed by atoms with Crippen molar-refractivity contribution in [2.45, 2.75) is 37.8 Å². The zero-order chi connectivity index (χ0) is 30.5. The summed E-state index contributed by atoms with van der Waals surface area (Å²) in [6, 6.07) is 25.2. The summed E-state index contributed by atoms with van der Waals surface area (Å²) in [5, 5.41) is 34.3. The Labute approximate surface area is 252 Å². The van der Waals surface area contributed by atoms with E-state index in [9.17, 15) is 15.3 Å². The maximum atomic E-state index is 10.5. The van der Waals surface area contributed by atoms with Crippen molar-refractivity contribution >= 4 is 29.1 Å². The highest BCUT2D eigenvalue weighted by Gasteiger charge is 2.44. The fourth-order valence-corrected chi connectivity index (χ4v) is 4.76. The quantitative estimate of drug-likeness (QED) is 0.111. The van der Waals surface area contributed by atoms with Crippen molar-refractivity contribution in [1.29, 1.82) is 0 Å². The van der Waals surface area contributed by atoms with Crippen molar-refractivity contribution in [1.82, 2.24) is 19.5 Å². The third-order valence-corrected chi connectivity index (χ3v) is 7.06. The van der Waals surface area contributed by atoms with Gasteiger partial charge in [-0.15, -0.1) is 0 Å². The highest BCUT2D eigenvalue weighted by atomic mass is 16.6. The first-order valence-electron chi connectivity index (χ1n) is 13.9. The summed E-state index contributed by atoms with van der Waals surface area (Å²) in [5.74, 6) is 1.30. The monoisotopic (exact) mass is 597 g/mol. The number of rotatable bonds is 11. The smallest absolute Gasteiger partial charge is 0.247 e.